The van der Waals surface area contributed by atoms with E-state index in [1.165, 1.54) is 18.2 Å². The first-order chi connectivity index (χ1) is 10.2. The van der Waals surface area contributed by atoms with Crippen LogP contribution >= 0.6 is 0 Å². The molecule has 2 atom stereocenters. The van der Waals surface area contributed by atoms with Gasteiger partial charge in [0.2, 0.25) is 0 Å². The molecule has 2 unspecified atom stereocenters. The Morgan fingerprint density at radius 2 is 1.62 bits per heavy atom. The molecule has 0 bridgehead atoms. The van der Waals surface area contributed by atoms with Gasteiger partial charge in [0.05, 0.1) is 0 Å². The zero-order valence-electron chi connectivity index (χ0n) is 11.5. The van der Waals surface area contributed by atoms with E-state index in [1.807, 2.05) is 0 Å². The maximum atomic E-state index is 14.1. The highest BCUT2D eigenvalue weighted by Crippen LogP contribution is 2.39. The summed E-state index contributed by atoms with van der Waals surface area (Å²) in [5, 5.41) is 3.23. The van der Waals surface area contributed by atoms with Gasteiger partial charge in [-0.3, -0.25) is 0 Å². The van der Waals surface area contributed by atoms with Crippen LogP contribution in [-0.4, -0.2) is 13.1 Å². The van der Waals surface area contributed by atoms with Gasteiger partial charge in [0.15, 0.2) is 0 Å². The first-order valence-corrected chi connectivity index (χ1v) is 7.07. The van der Waals surface area contributed by atoms with Crippen molar-refractivity contribution in [2.24, 2.45) is 0 Å². The van der Waals surface area contributed by atoms with Crippen molar-refractivity contribution in [3.8, 4) is 0 Å². The van der Waals surface area contributed by atoms with Gasteiger partial charge in [-0.15, -0.1) is 0 Å². The molecule has 0 aromatic heterocycles. The fraction of sp³-hybridized carbons (Fsp3) is 0.294. The summed E-state index contributed by atoms with van der Waals surface area (Å²) in [5.41, 5.74) is 1.05. The monoisotopic (exact) mass is 291 g/mol. The number of piperidine rings is 1. The van der Waals surface area contributed by atoms with Crippen molar-refractivity contribution in [3.63, 3.8) is 0 Å². The van der Waals surface area contributed by atoms with Crippen LogP contribution in [0.15, 0.2) is 42.5 Å². The minimum Gasteiger partial charge on any atom is -0.316 e. The molecular weight excluding hydrogens is 275 g/mol. The first kappa shape index (κ1) is 14.1. The molecule has 1 aliphatic rings. The Morgan fingerprint density at radius 3 is 2.38 bits per heavy atom. The number of hydrogen-bond donors (Lipinski definition) is 1. The van der Waals surface area contributed by atoms with Crippen LogP contribution in [0.25, 0.3) is 0 Å². The summed E-state index contributed by atoms with van der Waals surface area (Å²) >= 11 is 0. The molecule has 2 aromatic rings. The fourth-order valence-corrected chi connectivity index (χ4v) is 3.14. The van der Waals surface area contributed by atoms with Crippen LogP contribution < -0.4 is 5.32 Å². The third-order valence-corrected chi connectivity index (χ3v) is 4.15. The van der Waals surface area contributed by atoms with Gasteiger partial charge in [0, 0.05) is 18.5 Å². The highest BCUT2D eigenvalue weighted by Gasteiger charge is 2.31. The molecule has 1 nitrogen and oxygen atoms in total. The van der Waals surface area contributed by atoms with Gasteiger partial charge in [-0.25, -0.2) is 13.2 Å². The standard InChI is InChI=1S/C17H16F3N/c18-11-5-6-14(17(20)9-11)12-7-8-21-10-15(12)13-3-1-2-4-16(13)19/h1-6,9,12,15,21H,7-8,10H2. The Bertz CT molecular complexity index is 642. The predicted octanol–water partition coefficient (Wildman–Crippen LogP) is 3.96. The second kappa shape index (κ2) is 5.90. The molecule has 3 rings (SSSR count). The largest absolute Gasteiger partial charge is 0.316 e. The van der Waals surface area contributed by atoms with E-state index in [1.54, 1.807) is 18.2 Å². The average molecular weight is 291 g/mol. The molecule has 4 heteroatoms. The molecule has 1 saturated heterocycles. The Balaban J connectivity index is 2.00. The van der Waals surface area contributed by atoms with E-state index in [9.17, 15) is 13.2 Å². The van der Waals surface area contributed by atoms with Crippen LogP contribution in [0, 0.1) is 17.5 Å². The summed E-state index contributed by atoms with van der Waals surface area (Å²) in [6.45, 7) is 1.33. The summed E-state index contributed by atoms with van der Waals surface area (Å²) in [5.74, 6) is -1.72. The molecule has 0 saturated carbocycles. The normalized spacial score (nSPS) is 22.2. The zero-order valence-corrected chi connectivity index (χ0v) is 11.5. The number of halogens is 3. The lowest BCUT2D eigenvalue weighted by atomic mass is 9.77. The molecular formula is C17H16F3N. The Labute approximate surface area is 121 Å². The lowest BCUT2D eigenvalue weighted by Gasteiger charge is -2.33. The second-order valence-electron chi connectivity index (χ2n) is 5.39. The number of hydrogen-bond acceptors (Lipinski definition) is 1. The van der Waals surface area contributed by atoms with Crippen molar-refractivity contribution in [2.45, 2.75) is 18.3 Å². The minimum atomic E-state index is -0.590. The molecule has 21 heavy (non-hydrogen) atoms. The van der Waals surface area contributed by atoms with Crippen LogP contribution in [0.3, 0.4) is 0 Å². The quantitative estimate of drug-likeness (QED) is 0.883. The third kappa shape index (κ3) is 2.81. The van der Waals surface area contributed by atoms with E-state index in [0.29, 0.717) is 24.1 Å². The smallest absolute Gasteiger partial charge is 0.129 e. The number of rotatable bonds is 2. The SMILES string of the molecule is Fc1ccc(C2CCNCC2c2ccccc2F)c(F)c1. The summed E-state index contributed by atoms with van der Waals surface area (Å²) < 4.78 is 41.2. The molecule has 1 heterocycles. The second-order valence-corrected chi connectivity index (χ2v) is 5.39. The summed E-state index contributed by atoms with van der Waals surface area (Å²) in [6.07, 6.45) is 0.696. The van der Waals surface area contributed by atoms with Gasteiger partial charge in [-0.05, 0) is 42.1 Å². The summed E-state index contributed by atoms with van der Waals surface area (Å²) in [4.78, 5) is 0. The minimum absolute atomic E-state index is 0.149. The Kier molecular flexibility index (Phi) is 3.97. The molecule has 1 N–H and O–H groups in total. The van der Waals surface area contributed by atoms with E-state index in [-0.39, 0.29) is 17.7 Å². The van der Waals surface area contributed by atoms with Crippen LogP contribution in [-0.2, 0) is 0 Å². The molecule has 110 valence electrons. The van der Waals surface area contributed by atoms with E-state index in [4.69, 9.17) is 0 Å². The van der Waals surface area contributed by atoms with Crippen molar-refractivity contribution >= 4 is 0 Å². The van der Waals surface area contributed by atoms with Crippen molar-refractivity contribution < 1.29 is 13.2 Å². The molecule has 0 radical (unpaired) electrons. The van der Waals surface area contributed by atoms with Crippen LogP contribution in [0.5, 0.6) is 0 Å². The van der Waals surface area contributed by atoms with Crippen molar-refractivity contribution in [2.75, 3.05) is 13.1 Å². The van der Waals surface area contributed by atoms with Gasteiger partial charge in [0.25, 0.3) is 0 Å². The van der Waals surface area contributed by atoms with Gasteiger partial charge in [-0.1, -0.05) is 24.3 Å². The lowest BCUT2D eigenvalue weighted by Crippen LogP contribution is -2.34. The predicted molar refractivity (Wildman–Crippen MR) is 75.7 cm³/mol. The highest BCUT2D eigenvalue weighted by atomic mass is 19.1. The van der Waals surface area contributed by atoms with Gasteiger partial charge in [0.1, 0.15) is 17.5 Å². The van der Waals surface area contributed by atoms with Gasteiger partial charge < -0.3 is 5.32 Å². The van der Waals surface area contributed by atoms with E-state index in [2.05, 4.69) is 5.32 Å². The number of benzene rings is 2. The van der Waals surface area contributed by atoms with Crippen molar-refractivity contribution in [1.29, 1.82) is 0 Å². The van der Waals surface area contributed by atoms with E-state index < -0.39 is 11.6 Å². The third-order valence-electron chi connectivity index (χ3n) is 4.15. The van der Waals surface area contributed by atoms with Gasteiger partial charge >= 0.3 is 0 Å². The average Bonchev–Trinajstić information content (AvgIpc) is 2.48. The maximum absolute atomic E-state index is 14.1. The Morgan fingerprint density at radius 1 is 0.857 bits per heavy atom. The summed E-state index contributed by atoms with van der Waals surface area (Å²) in [6, 6.07) is 10.2. The molecule has 1 aliphatic heterocycles. The molecule has 2 aromatic carbocycles. The molecule has 0 spiro atoms. The first-order valence-electron chi connectivity index (χ1n) is 7.07. The van der Waals surface area contributed by atoms with Crippen LogP contribution in [0.1, 0.15) is 29.4 Å². The Hall–Kier alpha value is -1.81. The van der Waals surface area contributed by atoms with Crippen LogP contribution in [0.4, 0.5) is 13.2 Å². The highest BCUT2D eigenvalue weighted by molar-refractivity contribution is 5.32. The molecule has 1 fully saturated rings. The van der Waals surface area contributed by atoms with Gasteiger partial charge in [-0.2, -0.15) is 0 Å². The van der Waals surface area contributed by atoms with Crippen molar-refractivity contribution in [3.05, 3.63) is 71.0 Å². The maximum Gasteiger partial charge on any atom is 0.129 e. The topological polar surface area (TPSA) is 12.0 Å². The van der Waals surface area contributed by atoms with Crippen LogP contribution in [0.2, 0.25) is 0 Å². The number of nitrogens with one attached hydrogen (secondary N) is 1. The van der Waals surface area contributed by atoms with Crippen molar-refractivity contribution in [1.82, 2.24) is 5.32 Å². The lowest BCUT2D eigenvalue weighted by molar-refractivity contribution is 0.383. The fourth-order valence-electron chi connectivity index (χ4n) is 3.14. The summed E-state index contributed by atoms with van der Waals surface area (Å²) in [7, 11) is 0. The zero-order chi connectivity index (χ0) is 14.8. The van der Waals surface area contributed by atoms with E-state index in [0.717, 1.165) is 12.6 Å². The molecule has 0 aliphatic carbocycles. The molecule has 0 amide bonds. The van der Waals surface area contributed by atoms with E-state index >= 15 is 0 Å².